The average molecular weight is 246 g/mol. The molecule has 1 unspecified atom stereocenters. The van der Waals surface area contributed by atoms with Gasteiger partial charge in [-0.3, -0.25) is 4.79 Å². The van der Waals surface area contributed by atoms with E-state index in [9.17, 15) is 4.79 Å². The van der Waals surface area contributed by atoms with Crippen LogP contribution in [0.4, 0.5) is 0 Å². The zero-order valence-electron chi connectivity index (χ0n) is 10.9. The third-order valence-electron chi connectivity index (χ3n) is 3.60. The van der Waals surface area contributed by atoms with Gasteiger partial charge in [0.25, 0.3) is 0 Å². The van der Waals surface area contributed by atoms with Crippen LogP contribution in [0, 0.1) is 13.8 Å². The van der Waals surface area contributed by atoms with Crippen molar-refractivity contribution >= 4 is 16.9 Å². The summed E-state index contributed by atoms with van der Waals surface area (Å²) in [6.45, 7) is 4.04. The van der Waals surface area contributed by atoms with Gasteiger partial charge in [0, 0.05) is 30.1 Å². The molecule has 1 atom stereocenters. The number of hydrogen-bond acceptors (Lipinski definition) is 2. The summed E-state index contributed by atoms with van der Waals surface area (Å²) in [4.78, 5) is 10.9. The summed E-state index contributed by atoms with van der Waals surface area (Å²) in [6.07, 6.45) is 0.364. The van der Waals surface area contributed by atoms with Crippen molar-refractivity contribution in [1.82, 2.24) is 4.57 Å². The standard InChI is InChI=1S/C14H18N2O2/c1-8-5-4-6-12-13(8)10(9(2)16(12)3)7-11(15)14(17)18/h4-6,11H,7,15H2,1-3H3,(H,17,18). The Labute approximate surface area is 106 Å². The second kappa shape index (κ2) is 4.46. The SMILES string of the molecule is Cc1cccc2c1c(CC(N)C(=O)O)c(C)n2C. The summed E-state index contributed by atoms with van der Waals surface area (Å²) in [5.74, 6) is -0.958. The number of hydrogen-bond donors (Lipinski definition) is 2. The van der Waals surface area contributed by atoms with Gasteiger partial charge in [-0.1, -0.05) is 12.1 Å². The first-order valence-electron chi connectivity index (χ1n) is 5.95. The summed E-state index contributed by atoms with van der Waals surface area (Å²) >= 11 is 0. The monoisotopic (exact) mass is 246 g/mol. The Bertz CT molecular complexity index is 614. The van der Waals surface area contributed by atoms with Gasteiger partial charge in [0.1, 0.15) is 6.04 Å². The van der Waals surface area contributed by atoms with E-state index in [0.29, 0.717) is 6.42 Å². The number of nitrogens with two attached hydrogens (primary N) is 1. The largest absolute Gasteiger partial charge is 0.480 e. The van der Waals surface area contributed by atoms with Gasteiger partial charge in [-0.25, -0.2) is 0 Å². The van der Waals surface area contributed by atoms with E-state index in [1.165, 1.54) is 0 Å². The van der Waals surface area contributed by atoms with E-state index in [1.54, 1.807) is 0 Å². The number of aliphatic carboxylic acids is 1. The van der Waals surface area contributed by atoms with Crippen LogP contribution in [0.25, 0.3) is 10.9 Å². The van der Waals surface area contributed by atoms with Gasteiger partial charge in [0.05, 0.1) is 0 Å². The van der Waals surface area contributed by atoms with Crippen LogP contribution in [0.5, 0.6) is 0 Å². The lowest BCUT2D eigenvalue weighted by Gasteiger charge is -2.08. The lowest BCUT2D eigenvalue weighted by atomic mass is 10.0. The highest BCUT2D eigenvalue weighted by atomic mass is 16.4. The minimum absolute atomic E-state index is 0.364. The number of aryl methyl sites for hydroxylation is 2. The molecule has 0 fully saturated rings. The normalized spacial score (nSPS) is 12.9. The maximum atomic E-state index is 10.9. The number of benzene rings is 1. The molecule has 1 aromatic heterocycles. The van der Waals surface area contributed by atoms with E-state index in [-0.39, 0.29) is 0 Å². The highest BCUT2D eigenvalue weighted by molar-refractivity contribution is 5.89. The van der Waals surface area contributed by atoms with Crippen LogP contribution in [0.2, 0.25) is 0 Å². The molecule has 0 amide bonds. The second-order valence-corrected chi connectivity index (χ2v) is 4.74. The minimum atomic E-state index is -0.958. The van der Waals surface area contributed by atoms with Gasteiger partial charge < -0.3 is 15.4 Å². The Morgan fingerprint density at radius 3 is 2.72 bits per heavy atom. The first-order chi connectivity index (χ1) is 8.43. The lowest BCUT2D eigenvalue weighted by Crippen LogP contribution is -2.32. The molecule has 4 nitrogen and oxygen atoms in total. The molecule has 2 aromatic rings. The molecule has 0 aliphatic carbocycles. The molecule has 1 heterocycles. The van der Waals surface area contributed by atoms with Crippen LogP contribution in [-0.2, 0) is 18.3 Å². The molecule has 1 aromatic carbocycles. The number of aromatic nitrogens is 1. The predicted molar refractivity (Wildman–Crippen MR) is 71.7 cm³/mol. The van der Waals surface area contributed by atoms with E-state index in [1.807, 2.05) is 39.1 Å². The molecule has 0 aliphatic heterocycles. The average Bonchev–Trinajstić information content (AvgIpc) is 2.56. The Morgan fingerprint density at radius 1 is 1.44 bits per heavy atom. The topological polar surface area (TPSA) is 68.2 Å². The summed E-state index contributed by atoms with van der Waals surface area (Å²) in [5.41, 5.74) is 10.1. The Balaban J connectivity index is 2.63. The Hall–Kier alpha value is -1.81. The quantitative estimate of drug-likeness (QED) is 0.867. The van der Waals surface area contributed by atoms with Gasteiger partial charge in [-0.15, -0.1) is 0 Å². The molecule has 0 spiro atoms. The van der Waals surface area contributed by atoms with Crippen molar-refractivity contribution in [2.75, 3.05) is 0 Å². The second-order valence-electron chi connectivity index (χ2n) is 4.74. The molecular formula is C14H18N2O2. The lowest BCUT2D eigenvalue weighted by molar-refractivity contribution is -0.138. The van der Waals surface area contributed by atoms with E-state index in [0.717, 1.165) is 27.7 Å². The molecule has 96 valence electrons. The van der Waals surface area contributed by atoms with Gasteiger partial charge >= 0.3 is 5.97 Å². The third-order valence-corrected chi connectivity index (χ3v) is 3.60. The highest BCUT2D eigenvalue weighted by Crippen LogP contribution is 2.28. The van der Waals surface area contributed by atoms with Crippen LogP contribution in [0.3, 0.4) is 0 Å². The van der Waals surface area contributed by atoms with Crippen molar-refractivity contribution in [3.63, 3.8) is 0 Å². The van der Waals surface area contributed by atoms with Gasteiger partial charge in [0.15, 0.2) is 0 Å². The van der Waals surface area contributed by atoms with Crippen molar-refractivity contribution in [2.24, 2.45) is 12.8 Å². The number of rotatable bonds is 3. The van der Waals surface area contributed by atoms with Gasteiger partial charge in [0.2, 0.25) is 0 Å². The van der Waals surface area contributed by atoms with Crippen molar-refractivity contribution < 1.29 is 9.90 Å². The maximum Gasteiger partial charge on any atom is 0.320 e. The molecule has 18 heavy (non-hydrogen) atoms. The fourth-order valence-electron chi connectivity index (χ4n) is 2.45. The van der Waals surface area contributed by atoms with Crippen molar-refractivity contribution in [3.05, 3.63) is 35.0 Å². The molecule has 0 bridgehead atoms. The van der Waals surface area contributed by atoms with Crippen LogP contribution < -0.4 is 5.73 Å². The Kier molecular flexibility index (Phi) is 3.13. The third kappa shape index (κ3) is 1.88. The molecular weight excluding hydrogens is 228 g/mol. The highest BCUT2D eigenvalue weighted by Gasteiger charge is 2.19. The number of carboxylic acids is 1. The first-order valence-corrected chi connectivity index (χ1v) is 5.95. The molecule has 0 aliphatic rings. The van der Waals surface area contributed by atoms with Crippen LogP contribution in [0.15, 0.2) is 18.2 Å². The maximum absolute atomic E-state index is 10.9. The van der Waals surface area contributed by atoms with Crippen LogP contribution >= 0.6 is 0 Å². The summed E-state index contributed by atoms with van der Waals surface area (Å²) in [5, 5.41) is 10.1. The van der Waals surface area contributed by atoms with E-state index in [2.05, 4.69) is 4.57 Å². The van der Waals surface area contributed by atoms with E-state index < -0.39 is 12.0 Å². The molecule has 0 saturated heterocycles. The number of carbonyl (C=O) groups is 1. The molecule has 3 N–H and O–H groups in total. The number of fused-ring (bicyclic) bond motifs is 1. The Morgan fingerprint density at radius 2 is 2.11 bits per heavy atom. The van der Waals surface area contributed by atoms with E-state index >= 15 is 0 Å². The zero-order chi connectivity index (χ0) is 13.4. The summed E-state index contributed by atoms with van der Waals surface area (Å²) in [6, 6.07) is 5.25. The van der Waals surface area contributed by atoms with Crippen LogP contribution in [-0.4, -0.2) is 21.7 Å². The zero-order valence-corrected chi connectivity index (χ0v) is 10.9. The first kappa shape index (κ1) is 12.6. The molecule has 4 heteroatoms. The number of nitrogens with zero attached hydrogens (tertiary/aromatic N) is 1. The fourth-order valence-corrected chi connectivity index (χ4v) is 2.45. The van der Waals surface area contributed by atoms with Gasteiger partial charge in [-0.2, -0.15) is 0 Å². The smallest absolute Gasteiger partial charge is 0.320 e. The van der Waals surface area contributed by atoms with E-state index in [4.69, 9.17) is 10.8 Å². The van der Waals surface area contributed by atoms with Crippen LogP contribution in [0.1, 0.15) is 16.8 Å². The predicted octanol–water partition coefficient (Wildman–Crippen LogP) is 1.75. The summed E-state index contributed by atoms with van der Waals surface area (Å²) in [7, 11) is 1.99. The summed E-state index contributed by atoms with van der Waals surface area (Å²) < 4.78 is 2.09. The molecule has 0 radical (unpaired) electrons. The fraction of sp³-hybridized carbons (Fsp3) is 0.357. The molecule has 0 saturated carbocycles. The van der Waals surface area contributed by atoms with Crippen molar-refractivity contribution in [3.8, 4) is 0 Å². The van der Waals surface area contributed by atoms with Crippen molar-refractivity contribution in [2.45, 2.75) is 26.3 Å². The minimum Gasteiger partial charge on any atom is -0.480 e. The van der Waals surface area contributed by atoms with Gasteiger partial charge in [-0.05, 0) is 31.0 Å². The molecule has 2 rings (SSSR count). The number of carboxylic acid groups (broad SMARTS) is 1. The van der Waals surface area contributed by atoms with Crippen molar-refractivity contribution in [1.29, 1.82) is 0 Å².